The van der Waals surface area contributed by atoms with Gasteiger partial charge in [0.1, 0.15) is 0 Å². The first-order chi connectivity index (χ1) is 9.43. The maximum absolute atomic E-state index is 12.3. The molecule has 4 heteroatoms. The van der Waals surface area contributed by atoms with Crippen LogP contribution in [0.4, 0.5) is 0 Å². The minimum Gasteiger partial charge on any atom is -0.336 e. The Balaban J connectivity index is 2.66. The summed E-state index contributed by atoms with van der Waals surface area (Å²) >= 11 is 5.99. The molecule has 20 heavy (non-hydrogen) atoms. The molecular weight excluding hydrogens is 272 g/mol. The van der Waals surface area contributed by atoms with Crippen LogP contribution < -0.4 is 5.73 Å². The van der Waals surface area contributed by atoms with Gasteiger partial charge < -0.3 is 10.6 Å². The minimum atomic E-state index is 0.176. The number of carbonyl (C=O) groups excluding carboxylic acids is 1. The molecule has 0 aliphatic carbocycles. The fourth-order valence-electron chi connectivity index (χ4n) is 2.02. The fourth-order valence-corrected chi connectivity index (χ4v) is 2.23. The van der Waals surface area contributed by atoms with Crippen molar-refractivity contribution in [3.63, 3.8) is 0 Å². The Kier molecular flexibility index (Phi) is 7.03. The number of rotatable bonds is 7. The van der Waals surface area contributed by atoms with Crippen molar-refractivity contribution in [3.8, 4) is 0 Å². The zero-order valence-corrected chi connectivity index (χ0v) is 13.4. The molecule has 0 radical (unpaired) electrons. The van der Waals surface area contributed by atoms with E-state index in [2.05, 4.69) is 6.92 Å². The Bertz CT molecular complexity index is 434. The van der Waals surface area contributed by atoms with E-state index in [1.54, 1.807) is 0 Å². The molecule has 1 amide bonds. The van der Waals surface area contributed by atoms with E-state index in [0.29, 0.717) is 30.5 Å². The Labute approximate surface area is 127 Å². The predicted molar refractivity (Wildman–Crippen MR) is 84.6 cm³/mol. The molecule has 1 rings (SSSR count). The normalized spacial score (nSPS) is 12.5. The second kappa shape index (κ2) is 8.28. The zero-order valence-electron chi connectivity index (χ0n) is 12.6. The summed E-state index contributed by atoms with van der Waals surface area (Å²) in [5.41, 5.74) is 6.66. The number of nitrogens with zero attached hydrogens (tertiary/aromatic N) is 1. The highest BCUT2D eigenvalue weighted by atomic mass is 35.5. The summed E-state index contributed by atoms with van der Waals surface area (Å²) in [5, 5.41) is 0.704. The van der Waals surface area contributed by atoms with Crippen LogP contribution in [0.5, 0.6) is 0 Å². The Hall–Kier alpha value is -1.06. The molecule has 1 unspecified atom stereocenters. The highest BCUT2D eigenvalue weighted by Crippen LogP contribution is 2.16. The van der Waals surface area contributed by atoms with Gasteiger partial charge in [0.05, 0.1) is 0 Å². The van der Waals surface area contributed by atoms with Gasteiger partial charge in [-0.1, -0.05) is 30.7 Å². The highest BCUT2D eigenvalue weighted by Gasteiger charge is 2.17. The lowest BCUT2D eigenvalue weighted by Crippen LogP contribution is -2.36. The van der Waals surface area contributed by atoms with Crippen LogP contribution >= 0.6 is 11.6 Å². The number of nitrogens with two attached hydrogens (primary N) is 1. The molecule has 0 bridgehead atoms. The number of benzene rings is 1. The summed E-state index contributed by atoms with van der Waals surface area (Å²) in [6.45, 7) is 7.38. The summed E-state index contributed by atoms with van der Waals surface area (Å²) in [4.78, 5) is 14.2. The molecule has 1 aromatic rings. The van der Waals surface area contributed by atoms with Crippen LogP contribution in [-0.2, 0) is 11.3 Å². The van der Waals surface area contributed by atoms with Crippen LogP contribution in [0.15, 0.2) is 24.3 Å². The highest BCUT2D eigenvalue weighted by molar-refractivity contribution is 6.30. The van der Waals surface area contributed by atoms with Gasteiger partial charge in [-0.05, 0) is 50.4 Å². The molecule has 0 saturated carbocycles. The third kappa shape index (κ3) is 5.51. The molecule has 1 aromatic carbocycles. The van der Waals surface area contributed by atoms with Gasteiger partial charge in [-0.3, -0.25) is 4.79 Å². The van der Waals surface area contributed by atoms with Gasteiger partial charge in [-0.15, -0.1) is 0 Å². The second-order valence-corrected chi connectivity index (χ2v) is 6.06. The van der Waals surface area contributed by atoms with Gasteiger partial charge in [0.2, 0.25) is 5.91 Å². The van der Waals surface area contributed by atoms with Crippen molar-refractivity contribution in [1.82, 2.24) is 4.90 Å². The minimum absolute atomic E-state index is 0.176. The molecular formula is C16H25ClN2O. The number of hydrogen-bond acceptors (Lipinski definition) is 2. The second-order valence-electron chi connectivity index (χ2n) is 5.62. The third-order valence-corrected chi connectivity index (χ3v) is 3.67. The quantitative estimate of drug-likeness (QED) is 0.837. The lowest BCUT2D eigenvalue weighted by molar-refractivity contribution is -0.133. The van der Waals surface area contributed by atoms with Crippen LogP contribution in [0.3, 0.4) is 0 Å². The predicted octanol–water partition coefficient (Wildman–Crippen LogP) is 3.45. The first kappa shape index (κ1) is 17.0. The molecule has 0 aliphatic heterocycles. The van der Waals surface area contributed by atoms with E-state index in [-0.39, 0.29) is 11.9 Å². The van der Waals surface area contributed by atoms with E-state index in [1.807, 2.05) is 43.0 Å². The number of amides is 1. The Morgan fingerprint density at radius 1 is 1.35 bits per heavy atom. The fraction of sp³-hybridized carbons (Fsp3) is 0.562. The molecule has 2 N–H and O–H groups in total. The lowest BCUT2D eigenvalue weighted by Gasteiger charge is -2.27. The largest absolute Gasteiger partial charge is 0.336 e. The van der Waals surface area contributed by atoms with Crippen molar-refractivity contribution in [2.75, 3.05) is 6.54 Å². The van der Waals surface area contributed by atoms with Gasteiger partial charge >= 0.3 is 0 Å². The van der Waals surface area contributed by atoms with Crippen molar-refractivity contribution in [2.24, 2.45) is 11.7 Å². The Morgan fingerprint density at radius 3 is 2.60 bits per heavy atom. The first-order valence-corrected chi connectivity index (χ1v) is 7.55. The molecule has 0 heterocycles. The maximum atomic E-state index is 12.3. The average molecular weight is 297 g/mol. The molecule has 0 fully saturated rings. The zero-order chi connectivity index (χ0) is 15.1. The molecule has 112 valence electrons. The molecule has 0 spiro atoms. The lowest BCUT2D eigenvalue weighted by atomic mass is 10.0. The van der Waals surface area contributed by atoms with E-state index in [1.165, 1.54) is 0 Å². The van der Waals surface area contributed by atoms with Crippen LogP contribution in [0.1, 0.15) is 39.2 Å². The summed E-state index contributed by atoms with van der Waals surface area (Å²) < 4.78 is 0. The monoisotopic (exact) mass is 296 g/mol. The van der Waals surface area contributed by atoms with Crippen molar-refractivity contribution in [1.29, 1.82) is 0 Å². The molecule has 0 saturated heterocycles. The molecule has 0 aliphatic rings. The van der Waals surface area contributed by atoms with Gasteiger partial charge in [-0.2, -0.15) is 0 Å². The number of halogens is 1. The van der Waals surface area contributed by atoms with E-state index in [0.717, 1.165) is 12.0 Å². The van der Waals surface area contributed by atoms with Crippen molar-refractivity contribution < 1.29 is 4.79 Å². The summed E-state index contributed by atoms with van der Waals surface area (Å²) in [7, 11) is 0. The Morgan fingerprint density at radius 2 is 2.05 bits per heavy atom. The average Bonchev–Trinajstić information content (AvgIpc) is 2.41. The van der Waals surface area contributed by atoms with Gasteiger partial charge in [0, 0.05) is 24.0 Å². The van der Waals surface area contributed by atoms with Crippen LogP contribution in [0.2, 0.25) is 5.02 Å². The summed E-state index contributed by atoms with van der Waals surface area (Å²) in [6.07, 6.45) is 1.39. The molecule has 1 atom stereocenters. The van der Waals surface area contributed by atoms with Gasteiger partial charge in [0.15, 0.2) is 0 Å². The van der Waals surface area contributed by atoms with E-state index < -0.39 is 0 Å². The van der Waals surface area contributed by atoms with Crippen molar-refractivity contribution >= 4 is 17.5 Å². The smallest absolute Gasteiger partial charge is 0.223 e. The van der Waals surface area contributed by atoms with Crippen molar-refractivity contribution in [2.45, 2.75) is 46.2 Å². The van der Waals surface area contributed by atoms with E-state index in [9.17, 15) is 4.79 Å². The SMILES string of the molecule is CC(CN)CCC(=O)N(Cc1cccc(Cl)c1)C(C)C. The third-order valence-electron chi connectivity index (χ3n) is 3.44. The van der Waals surface area contributed by atoms with Crippen LogP contribution in [0.25, 0.3) is 0 Å². The van der Waals surface area contributed by atoms with Gasteiger partial charge in [0.25, 0.3) is 0 Å². The number of hydrogen-bond donors (Lipinski definition) is 1. The first-order valence-electron chi connectivity index (χ1n) is 7.18. The topological polar surface area (TPSA) is 46.3 Å². The van der Waals surface area contributed by atoms with Gasteiger partial charge in [-0.25, -0.2) is 0 Å². The summed E-state index contributed by atoms with van der Waals surface area (Å²) in [6, 6.07) is 7.84. The van der Waals surface area contributed by atoms with Crippen molar-refractivity contribution in [3.05, 3.63) is 34.9 Å². The van der Waals surface area contributed by atoms with E-state index >= 15 is 0 Å². The van der Waals surface area contributed by atoms with E-state index in [4.69, 9.17) is 17.3 Å². The summed E-state index contributed by atoms with van der Waals surface area (Å²) in [5.74, 6) is 0.569. The standard InChI is InChI=1S/C16H25ClN2O/c1-12(2)19(16(20)8-7-13(3)10-18)11-14-5-4-6-15(17)9-14/h4-6,9,12-13H,7-8,10-11,18H2,1-3H3. The molecule has 3 nitrogen and oxygen atoms in total. The van der Waals surface area contributed by atoms with Crippen LogP contribution in [0, 0.1) is 5.92 Å². The maximum Gasteiger partial charge on any atom is 0.223 e. The van der Waals surface area contributed by atoms with Crippen LogP contribution in [-0.4, -0.2) is 23.4 Å². The molecule has 0 aromatic heterocycles. The number of carbonyl (C=O) groups is 1.